The van der Waals surface area contributed by atoms with Crippen molar-refractivity contribution in [1.29, 1.82) is 0 Å². The van der Waals surface area contributed by atoms with Gasteiger partial charge >= 0.3 is 12.1 Å². The summed E-state index contributed by atoms with van der Waals surface area (Å²) < 4.78 is 7.27. The number of nitrogens with zero attached hydrogens (tertiary/aromatic N) is 2. The summed E-state index contributed by atoms with van der Waals surface area (Å²) in [5.74, 6) is -0.176. The first kappa shape index (κ1) is 22.0. The number of carboxylic acid groups (broad SMARTS) is 1. The Morgan fingerprint density at radius 2 is 2.00 bits per heavy atom. The van der Waals surface area contributed by atoms with Gasteiger partial charge in [-0.05, 0) is 71.3 Å². The lowest BCUT2D eigenvalue weighted by Crippen LogP contribution is -2.33. The molecule has 0 bridgehead atoms. The van der Waals surface area contributed by atoms with E-state index in [1.54, 1.807) is 33.2 Å². The average molecular weight is 392 g/mol. The molecule has 0 spiro atoms. The summed E-state index contributed by atoms with van der Waals surface area (Å²) in [5.41, 5.74) is 0.399. The average Bonchev–Trinajstić information content (AvgIpc) is 3.05. The first-order valence-corrected chi connectivity index (χ1v) is 10.1. The van der Waals surface area contributed by atoms with Gasteiger partial charge < -0.3 is 19.7 Å². The second kappa shape index (κ2) is 9.75. The van der Waals surface area contributed by atoms with Gasteiger partial charge in [0.05, 0.1) is 12.0 Å². The molecule has 1 amide bonds. The van der Waals surface area contributed by atoms with Crippen LogP contribution in [0.25, 0.3) is 6.08 Å². The number of alkyl carbamates (subject to hydrolysis) is 1. The van der Waals surface area contributed by atoms with E-state index in [4.69, 9.17) is 4.74 Å². The van der Waals surface area contributed by atoms with E-state index in [0.29, 0.717) is 31.1 Å². The first-order chi connectivity index (χ1) is 13.1. The Kier molecular flexibility index (Phi) is 7.66. The Bertz CT molecular complexity index is 695. The Labute approximate surface area is 167 Å². The van der Waals surface area contributed by atoms with Gasteiger partial charge in [-0.1, -0.05) is 6.92 Å². The van der Waals surface area contributed by atoms with Crippen LogP contribution in [0.1, 0.15) is 78.0 Å². The van der Waals surface area contributed by atoms with Gasteiger partial charge in [0.2, 0.25) is 0 Å². The molecule has 0 atom stereocenters. The molecule has 1 heterocycles. The van der Waals surface area contributed by atoms with Crippen molar-refractivity contribution in [2.24, 2.45) is 5.92 Å². The quantitative estimate of drug-likeness (QED) is 0.530. The second-order valence-electron chi connectivity index (χ2n) is 8.67. The van der Waals surface area contributed by atoms with E-state index in [1.165, 1.54) is 12.8 Å². The number of carbonyl (C=O) groups is 2. The highest BCUT2D eigenvalue weighted by molar-refractivity contribution is 5.91. The first-order valence-electron chi connectivity index (χ1n) is 10.1. The number of aromatic nitrogens is 2. The fourth-order valence-corrected chi connectivity index (χ4v) is 3.37. The highest BCUT2D eigenvalue weighted by atomic mass is 16.6. The fourth-order valence-electron chi connectivity index (χ4n) is 3.37. The standard InChI is InChI=1S/C21H33N3O4/c1-15-7-9-18(10-8-15)24-13-17(23-14-24)12-16(19(25)26)6-5-11-22-20(27)28-21(2,3)4/h12-15,18H,5-11H2,1-4H3,(H,22,27)(H,25,26)/t15-,18+. The van der Waals surface area contributed by atoms with Gasteiger partial charge in [-0.2, -0.15) is 0 Å². The van der Waals surface area contributed by atoms with Crippen LogP contribution in [0.4, 0.5) is 4.79 Å². The summed E-state index contributed by atoms with van der Waals surface area (Å²) in [4.78, 5) is 27.5. The number of nitrogens with one attached hydrogen (secondary N) is 1. The van der Waals surface area contributed by atoms with Gasteiger partial charge in [0, 0.05) is 24.4 Å². The molecule has 1 saturated carbocycles. The van der Waals surface area contributed by atoms with Crippen molar-refractivity contribution in [3.63, 3.8) is 0 Å². The number of hydrogen-bond donors (Lipinski definition) is 2. The molecular formula is C21H33N3O4. The number of ether oxygens (including phenoxy) is 1. The largest absolute Gasteiger partial charge is 0.478 e. The zero-order chi connectivity index (χ0) is 20.7. The van der Waals surface area contributed by atoms with E-state index >= 15 is 0 Å². The van der Waals surface area contributed by atoms with Crippen LogP contribution in [-0.4, -0.2) is 38.9 Å². The van der Waals surface area contributed by atoms with Crippen LogP contribution in [0.3, 0.4) is 0 Å². The summed E-state index contributed by atoms with van der Waals surface area (Å²) in [5, 5.41) is 12.1. The minimum Gasteiger partial charge on any atom is -0.478 e. The van der Waals surface area contributed by atoms with Crippen molar-refractivity contribution in [3.05, 3.63) is 23.8 Å². The van der Waals surface area contributed by atoms with Gasteiger partial charge in [-0.15, -0.1) is 0 Å². The Morgan fingerprint density at radius 3 is 2.61 bits per heavy atom. The normalized spacial score (nSPS) is 20.6. The molecular weight excluding hydrogens is 358 g/mol. The maximum atomic E-state index is 11.6. The molecule has 2 N–H and O–H groups in total. The van der Waals surface area contributed by atoms with Crippen molar-refractivity contribution in [3.8, 4) is 0 Å². The molecule has 7 nitrogen and oxygen atoms in total. The van der Waals surface area contributed by atoms with E-state index in [2.05, 4.69) is 21.8 Å². The number of imidazole rings is 1. The highest BCUT2D eigenvalue weighted by Crippen LogP contribution is 2.31. The van der Waals surface area contributed by atoms with Crippen LogP contribution >= 0.6 is 0 Å². The van der Waals surface area contributed by atoms with Crippen LogP contribution in [0.5, 0.6) is 0 Å². The van der Waals surface area contributed by atoms with Crippen LogP contribution < -0.4 is 5.32 Å². The van der Waals surface area contributed by atoms with Gasteiger partial charge in [-0.25, -0.2) is 14.6 Å². The van der Waals surface area contributed by atoms with Crippen molar-refractivity contribution >= 4 is 18.1 Å². The third kappa shape index (κ3) is 7.37. The van der Waals surface area contributed by atoms with Crippen LogP contribution in [-0.2, 0) is 9.53 Å². The lowest BCUT2D eigenvalue weighted by Gasteiger charge is -2.26. The molecule has 2 rings (SSSR count). The number of hydrogen-bond acceptors (Lipinski definition) is 4. The molecule has 7 heteroatoms. The third-order valence-corrected chi connectivity index (χ3v) is 4.92. The monoisotopic (exact) mass is 391 g/mol. The number of amides is 1. The maximum Gasteiger partial charge on any atom is 0.407 e. The van der Waals surface area contributed by atoms with Gasteiger partial charge in [0.15, 0.2) is 0 Å². The van der Waals surface area contributed by atoms with Gasteiger partial charge in [0.25, 0.3) is 0 Å². The van der Waals surface area contributed by atoms with Crippen molar-refractivity contribution in [2.75, 3.05) is 6.54 Å². The van der Waals surface area contributed by atoms with Crippen LogP contribution in [0.15, 0.2) is 18.1 Å². The van der Waals surface area contributed by atoms with Crippen LogP contribution in [0.2, 0.25) is 0 Å². The SMILES string of the molecule is CC(C)(C)OC(=O)NCCCC(=Cc1cn([C@H]2CC[C@@H](C)CC2)cn1)C(=O)O. The summed E-state index contributed by atoms with van der Waals surface area (Å²) >= 11 is 0. The van der Waals surface area contributed by atoms with Gasteiger partial charge in [-0.3, -0.25) is 0 Å². The maximum absolute atomic E-state index is 11.6. The molecule has 0 aliphatic heterocycles. The zero-order valence-electron chi connectivity index (χ0n) is 17.4. The summed E-state index contributed by atoms with van der Waals surface area (Å²) in [6, 6.07) is 0.456. The highest BCUT2D eigenvalue weighted by Gasteiger charge is 2.20. The molecule has 0 unspecified atom stereocenters. The fraction of sp³-hybridized carbons (Fsp3) is 0.667. The summed E-state index contributed by atoms with van der Waals surface area (Å²) in [7, 11) is 0. The molecule has 0 radical (unpaired) electrons. The molecule has 28 heavy (non-hydrogen) atoms. The minimum absolute atomic E-state index is 0.286. The molecule has 1 aromatic rings. The Balaban J connectivity index is 1.87. The molecule has 1 fully saturated rings. The minimum atomic E-state index is -0.960. The molecule has 156 valence electrons. The summed E-state index contributed by atoms with van der Waals surface area (Å²) in [6.45, 7) is 8.03. The molecule has 1 aliphatic rings. The second-order valence-corrected chi connectivity index (χ2v) is 8.67. The molecule has 0 aromatic carbocycles. The van der Waals surface area contributed by atoms with E-state index in [0.717, 1.165) is 18.8 Å². The smallest absolute Gasteiger partial charge is 0.407 e. The Morgan fingerprint density at radius 1 is 1.32 bits per heavy atom. The van der Waals surface area contributed by atoms with E-state index in [9.17, 15) is 14.7 Å². The molecule has 1 aliphatic carbocycles. The molecule has 1 aromatic heterocycles. The lowest BCUT2D eigenvalue weighted by atomic mass is 9.87. The van der Waals surface area contributed by atoms with E-state index in [1.807, 2.05) is 6.20 Å². The Hall–Kier alpha value is -2.31. The van der Waals surface area contributed by atoms with E-state index < -0.39 is 17.7 Å². The lowest BCUT2D eigenvalue weighted by molar-refractivity contribution is -0.132. The van der Waals surface area contributed by atoms with E-state index in [-0.39, 0.29) is 5.57 Å². The van der Waals surface area contributed by atoms with Crippen molar-refractivity contribution < 1.29 is 19.4 Å². The van der Waals surface area contributed by atoms with Crippen molar-refractivity contribution in [1.82, 2.24) is 14.9 Å². The molecule has 0 saturated heterocycles. The third-order valence-electron chi connectivity index (χ3n) is 4.92. The van der Waals surface area contributed by atoms with Crippen LogP contribution in [0, 0.1) is 5.92 Å². The number of carbonyl (C=O) groups excluding carboxylic acids is 1. The zero-order valence-corrected chi connectivity index (χ0v) is 17.4. The number of carboxylic acids is 1. The van der Waals surface area contributed by atoms with Crippen molar-refractivity contribution in [2.45, 2.75) is 77.9 Å². The predicted molar refractivity (Wildman–Crippen MR) is 108 cm³/mol. The topological polar surface area (TPSA) is 93.5 Å². The predicted octanol–water partition coefficient (Wildman–Crippen LogP) is 4.41. The number of aliphatic carboxylic acids is 1. The van der Waals surface area contributed by atoms with Gasteiger partial charge in [0.1, 0.15) is 5.60 Å². The number of rotatable bonds is 7. The summed E-state index contributed by atoms with van der Waals surface area (Å²) in [6.07, 6.45) is 10.5.